The number of nitrogens with two attached hydrogens (primary N) is 1. The van der Waals surface area contributed by atoms with Crippen LogP contribution in [0.4, 0.5) is 26.3 Å². The van der Waals surface area contributed by atoms with Crippen LogP contribution in [0.15, 0.2) is 6.20 Å². The Balaban J connectivity index is 2.40. The summed E-state index contributed by atoms with van der Waals surface area (Å²) in [5, 5.41) is 11.1. The number of nitrogens with zero attached hydrogens (tertiary/aromatic N) is 4. The summed E-state index contributed by atoms with van der Waals surface area (Å²) in [6, 6.07) is 0. The zero-order chi connectivity index (χ0) is 17.4. The van der Waals surface area contributed by atoms with E-state index in [0.29, 0.717) is 0 Å². The van der Waals surface area contributed by atoms with Crippen molar-refractivity contribution in [2.75, 3.05) is 0 Å². The van der Waals surface area contributed by atoms with Crippen LogP contribution in [0, 0.1) is 5.41 Å². The quantitative estimate of drug-likeness (QED) is 0.496. The molecule has 2 aromatic rings. The Hall–Kier alpha value is -2.40. The molecule has 2 rings (SSSR count). The number of aryl methyl sites for hydroxylation is 1. The molecule has 0 aliphatic rings. The number of nitrogens with one attached hydrogen (secondary N) is 1. The normalized spacial score (nSPS) is 12.8. The van der Waals surface area contributed by atoms with E-state index in [1.165, 1.54) is 0 Å². The van der Waals surface area contributed by atoms with Crippen molar-refractivity contribution in [3.8, 4) is 0 Å². The number of hydrogen-bond acceptors (Lipinski definition) is 4. The summed E-state index contributed by atoms with van der Waals surface area (Å²) in [6.45, 7) is -1.10. The number of aromatic nitrogens is 4. The highest BCUT2D eigenvalue weighted by Crippen LogP contribution is 2.38. The Morgan fingerprint density at radius 2 is 1.87 bits per heavy atom. The largest absolute Gasteiger partial charge is 0.453 e. The van der Waals surface area contributed by atoms with Gasteiger partial charge in [0.1, 0.15) is 17.4 Å². The van der Waals surface area contributed by atoms with E-state index in [9.17, 15) is 26.3 Å². The summed E-state index contributed by atoms with van der Waals surface area (Å²) in [7, 11) is 0. The van der Waals surface area contributed by atoms with Crippen LogP contribution in [0.3, 0.4) is 0 Å². The van der Waals surface area contributed by atoms with Crippen molar-refractivity contribution < 1.29 is 26.3 Å². The number of amidine groups is 1. The molecule has 0 aromatic carbocycles. The molecule has 0 atom stereocenters. The van der Waals surface area contributed by atoms with E-state index >= 15 is 0 Å². The number of hydrogen-bond donors (Lipinski definition) is 2. The first-order valence-corrected chi connectivity index (χ1v) is 6.14. The Labute approximate surface area is 124 Å². The summed E-state index contributed by atoms with van der Waals surface area (Å²) in [6.07, 6.45) is -6.98. The fourth-order valence-corrected chi connectivity index (χ4v) is 1.82. The van der Waals surface area contributed by atoms with Gasteiger partial charge in [-0.25, -0.2) is 19.0 Å². The highest BCUT2D eigenvalue weighted by molar-refractivity contribution is 6.04. The van der Waals surface area contributed by atoms with Crippen LogP contribution < -0.4 is 5.73 Å². The molecule has 0 bridgehead atoms. The Morgan fingerprint density at radius 1 is 1.22 bits per heavy atom. The van der Waals surface area contributed by atoms with Crippen LogP contribution in [0.1, 0.15) is 17.9 Å². The van der Waals surface area contributed by atoms with Crippen molar-refractivity contribution in [1.29, 1.82) is 5.41 Å². The monoisotopic (exact) mass is 340 g/mol. The van der Waals surface area contributed by atoms with E-state index in [2.05, 4.69) is 15.1 Å². The number of rotatable bonds is 5. The van der Waals surface area contributed by atoms with Gasteiger partial charge in [-0.15, -0.1) is 0 Å². The molecule has 6 nitrogen and oxygen atoms in total. The van der Waals surface area contributed by atoms with E-state index in [1.807, 2.05) is 0 Å². The molecule has 0 amide bonds. The minimum absolute atomic E-state index is 0.0986. The molecule has 0 fully saturated rings. The van der Waals surface area contributed by atoms with Crippen LogP contribution in [-0.2, 0) is 13.2 Å². The van der Waals surface area contributed by atoms with E-state index in [-0.39, 0.29) is 16.7 Å². The van der Waals surface area contributed by atoms with Crippen molar-refractivity contribution in [2.45, 2.75) is 31.7 Å². The second-order valence-corrected chi connectivity index (χ2v) is 4.61. The van der Waals surface area contributed by atoms with Gasteiger partial charge in [0.25, 0.3) is 0 Å². The van der Waals surface area contributed by atoms with Crippen molar-refractivity contribution in [3.05, 3.63) is 17.7 Å². The van der Waals surface area contributed by atoms with E-state index in [0.717, 1.165) is 10.9 Å². The molecule has 0 radical (unpaired) electrons. The van der Waals surface area contributed by atoms with Gasteiger partial charge >= 0.3 is 12.1 Å². The molecule has 3 N–H and O–H groups in total. The van der Waals surface area contributed by atoms with Crippen LogP contribution >= 0.6 is 0 Å². The van der Waals surface area contributed by atoms with Gasteiger partial charge in [0.2, 0.25) is 0 Å². The Morgan fingerprint density at radius 3 is 2.39 bits per heavy atom. The van der Waals surface area contributed by atoms with Crippen LogP contribution in [0.5, 0.6) is 0 Å². The highest BCUT2D eigenvalue weighted by Gasteiger charge is 2.56. The van der Waals surface area contributed by atoms with Gasteiger partial charge in [-0.1, -0.05) is 0 Å². The molecule has 23 heavy (non-hydrogen) atoms. The fourth-order valence-electron chi connectivity index (χ4n) is 1.82. The lowest BCUT2D eigenvalue weighted by atomic mass is 10.1. The molecular weight excluding hydrogens is 330 g/mol. The minimum atomic E-state index is -5.69. The zero-order valence-corrected chi connectivity index (χ0v) is 11.3. The van der Waals surface area contributed by atoms with Gasteiger partial charge in [0, 0.05) is 12.8 Å². The molecule has 0 spiro atoms. The van der Waals surface area contributed by atoms with Gasteiger partial charge in [0.05, 0.1) is 11.6 Å². The summed E-state index contributed by atoms with van der Waals surface area (Å²) in [5.41, 5.74) is 4.94. The highest BCUT2D eigenvalue weighted by atomic mass is 19.4. The van der Waals surface area contributed by atoms with Crippen LogP contribution in [0.2, 0.25) is 0 Å². The van der Waals surface area contributed by atoms with Crippen molar-refractivity contribution >= 4 is 16.9 Å². The number of alkyl halides is 6. The first-order valence-electron chi connectivity index (χ1n) is 6.14. The first-order chi connectivity index (χ1) is 10.6. The summed E-state index contributed by atoms with van der Waals surface area (Å²) in [5.74, 6) is -5.90. The van der Waals surface area contributed by atoms with Gasteiger partial charge in [-0.3, -0.25) is 5.41 Å². The molecule has 126 valence electrons. The van der Waals surface area contributed by atoms with Crippen molar-refractivity contribution in [1.82, 2.24) is 19.7 Å². The lowest BCUT2D eigenvalue weighted by Crippen LogP contribution is -2.36. The van der Waals surface area contributed by atoms with E-state index in [4.69, 9.17) is 11.1 Å². The fraction of sp³-hybridized carbons (Fsp3) is 0.455. The lowest BCUT2D eigenvalue weighted by Gasteiger charge is -2.19. The topological polar surface area (TPSA) is 93.5 Å². The van der Waals surface area contributed by atoms with Crippen LogP contribution in [-0.4, -0.2) is 37.7 Å². The third kappa shape index (κ3) is 3.19. The van der Waals surface area contributed by atoms with Crippen LogP contribution in [0.25, 0.3) is 11.0 Å². The predicted octanol–water partition coefficient (Wildman–Crippen LogP) is 2.17. The van der Waals surface area contributed by atoms with Gasteiger partial charge in [-0.2, -0.15) is 27.1 Å². The maximum Gasteiger partial charge on any atom is 0.453 e. The van der Waals surface area contributed by atoms with E-state index in [1.54, 1.807) is 0 Å². The number of halogens is 6. The summed E-state index contributed by atoms with van der Waals surface area (Å²) >= 11 is 0. The number of nitrogen functional groups attached to an aromatic ring is 1. The van der Waals surface area contributed by atoms with E-state index < -0.39 is 43.4 Å². The number of fused-ring (bicyclic) bond motifs is 1. The van der Waals surface area contributed by atoms with Gasteiger partial charge < -0.3 is 5.73 Å². The zero-order valence-electron chi connectivity index (χ0n) is 11.3. The third-order valence-electron chi connectivity index (χ3n) is 2.99. The smallest absolute Gasteiger partial charge is 0.382 e. The summed E-state index contributed by atoms with van der Waals surface area (Å²) < 4.78 is 75.9. The minimum Gasteiger partial charge on any atom is -0.382 e. The molecule has 0 saturated carbocycles. The van der Waals surface area contributed by atoms with Crippen molar-refractivity contribution in [2.24, 2.45) is 5.73 Å². The molecule has 0 aliphatic carbocycles. The standard InChI is InChI=1S/C11H10F6N6/c12-4-23-9-5(3-20-23)7(8(18)19)21-6(22-9)1-2-10(13,14)11(15,16)17/h3H,1-2,4H2,(H3,18,19). The molecule has 0 saturated heterocycles. The molecule has 12 heteroatoms. The second-order valence-electron chi connectivity index (χ2n) is 4.61. The first kappa shape index (κ1) is 17.0. The second kappa shape index (κ2) is 5.66. The maximum atomic E-state index is 12.9. The average molecular weight is 340 g/mol. The third-order valence-corrected chi connectivity index (χ3v) is 2.99. The van der Waals surface area contributed by atoms with Gasteiger partial charge in [0.15, 0.2) is 12.4 Å². The molecule has 0 unspecified atom stereocenters. The average Bonchev–Trinajstić information content (AvgIpc) is 2.85. The van der Waals surface area contributed by atoms with Crippen molar-refractivity contribution in [3.63, 3.8) is 0 Å². The lowest BCUT2D eigenvalue weighted by molar-refractivity contribution is -0.284. The predicted molar refractivity (Wildman–Crippen MR) is 66.8 cm³/mol. The summed E-state index contributed by atoms with van der Waals surface area (Å²) in [4.78, 5) is 7.43. The maximum absolute atomic E-state index is 12.9. The SMILES string of the molecule is N=C(N)c1nc(CCC(F)(F)C(F)(F)F)nc2c1cnn2CF. The molecule has 2 heterocycles. The molecule has 0 aliphatic heterocycles. The molecular formula is C11H10F6N6. The molecule has 2 aromatic heterocycles. The Kier molecular flexibility index (Phi) is 4.18. The van der Waals surface area contributed by atoms with Gasteiger partial charge in [-0.05, 0) is 0 Å². The Bertz CT molecular complexity index is 736.